The average molecular weight is 636 g/mol. The summed E-state index contributed by atoms with van der Waals surface area (Å²) < 4.78 is 7.25. The van der Waals surface area contributed by atoms with Gasteiger partial charge in [-0.3, -0.25) is 10.3 Å². The van der Waals surface area contributed by atoms with E-state index in [-0.39, 0.29) is 28.2 Å². The number of hydrogen-bond donors (Lipinski definition) is 2. The Hall–Kier alpha value is -3.45. The van der Waals surface area contributed by atoms with Gasteiger partial charge in [0.15, 0.2) is 17.0 Å². The zero-order chi connectivity index (χ0) is 30.7. The van der Waals surface area contributed by atoms with Gasteiger partial charge in [-0.15, -0.1) is 13.2 Å². The van der Waals surface area contributed by atoms with Gasteiger partial charge >= 0.3 is 0 Å². The van der Waals surface area contributed by atoms with Crippen LogP contribution in [0, 0.1) is 72.9 Å². The van der Waals surface area contributed by atoms with Gasteiger partial charge in [0.05, 0.1) is 58.8 Å². The maximum atomic E-state index is 8.02. The Kier molecular flexibility index (Phi) is 115. The Bertz CT molecular complexity index is 920. The van der Waals surface area contributed by atoms with Crippen molar-refractivity contribution in [3.05, 3.63) is 61.3 Å². The van der Waals surface area contributed by atoms with E-state index in [2.05, 4.69) is 22.2 Å². The molecule has 0 saturated carbocycles. The van der Waals surface area contributed by atoms with Gasteiger partial charge in [-0.2, -0.15) is 35.3 Å². The summed E-state index contributed by atoms with van der Waals surface area (Å²) >= 11 is 0. The third-order valence-electron chi connectivity index (χ3n) is 2.71. The fourth-order valence-electron chi connectivity index (χ4n) is 0.701. The summed E-state index contributed by atoms with van der Waals surface area (Å²) in [7, 11) is 2.11. The molecular weight excluding hydrogens is 586 g/mol. The summed E-state index contributed by atoms with van der Waals surface area (Å²) in [4.78, 5) is 0. The van der Waals surface area contributed by atoms with E-state index in [0.717, 1.165) is 34.5 Å². The van der Waals surface area contributed by atoms with Crippen molar-refractivity contribution in [2.75, 3.05) is 0 Å². The van der Waals surface area contributed by atoms with Gasteiger partial charge in [0.1, 0.15) is 0 Å². The van der Waals surface area contributed by atoms with E-state index in [4.69, 9.17) is 36.6 Å². The predicted octanol–water partition coefficient (Wildman–Crippen LogP) is 13.6. The lowest BCUT2D eigenvalue weighted by Gasteiger charge is -1.80. The molecule has 0 rings (SSSR count). The summed E-state index contributed by atoms with van der Waals surface area (Å²) in [5.41, 5.74) is 0.773. The molecular formula is C28H49N9P4. The highest BCUT2D eigenvalue weighted by molar-refractivity contribution is 8.03. The van der Waals surface area contributed by atoms with Crippen LogP contribution in [0.25, 0.3) is 0 Å². The monoisotopic (exact) mass is 635 g/mol. The van der Waals surface area contributed by atoms with Crippen LogP contribution >= 0.6 is 33.2 Å². The van der Waals surface area contributed by atoms with Crippen molar-refractivity contribution in [2.45, 2.75) is 82.6 Å². The molecule has 0 spiro atoms. The second-order valence-corrected chi connectivity index (χ2v) is 8.91. The predicted molar refractivity (Wildman–Crippen MR) is 183 cm³/mol. The Morgan fingerprint density at radius 3 is 1.56 bits per heavy atom. The van der Waals surface area contributed by atoms with Crippen LogP contribution in [0.2, 0.25) is 0 Å². The van der Waals surface area contributed by atoms with Crippen molar-refractivity contribution >= 4 is 33.2 Å². The Labute approximate surface area is 258 Å². The maximum Gasteiger partial charge on any atom is 0.150 e. The highest BCUT2D eigenvalue weighted by Gasteiger charge is 1.83. The molecule has 0 aliphatic carbocycles. The van der Waals surface area contributed by atoms with Crippen LogP contribution in [0.4, 0.5) is 0 Å². The van der Waals surface area contributed by atoms with E-state index in [0.29, 0.717) is 29.9 Å². The maximum absolute atomic E-state index is 8.02. The minimum Gasteiger partial charge on any atom is -0.262 e. The van der Waals surface area contributed by atoms with Crippen molar-refractivity contribution in [3.63, 3.8) is 0 Å². The minimum atomic E-state index is 0. The van der Waals surface area contributed by atoms with Gasteiger partial charge in [0.2, 0.25) is 0 Å². The molecule has 41 heavy (non-hydrogen) atoms. The molecule has 0 bridgehead atoms. The number of nitrogens with zero attached hydrogens (tertiary/aromatic N) is 7. The largest absolute Gasteiger partial charge is 0.262 e. The molecule has 9 nitrogen and oxygen atoms in total. The van der Waals surface area contributed by atoms with Crippen molar-refractivity contribution in [3.8, 4) is 30.3 Å². The van der Waals surface area contributed by atoms with Crippen LogP contribution < -0.4 is 0 Å². The van der Waals surface area contributed by atoms with E-state index >= 15 is 0 Å². The molecule has 0 heterocycles. The first-order valence-electron chi connectivity index (χ1n) is 10.9. The number of nitrogens with one attached hydrogen (secondary N) is 2. The summed E-state index contributed by atoms with van der Waals surface area (Å²) in [6, 6.07) is 9.84. The molecule has 0 aromatic heterocycles. The number of rotatable bonds is 8. The van der Waals surface area contributed by atoms with Crippen LogP contribution in [0.15, 0.2) is 70.3 Å². The number of allylic oxidation sites excluding steroid dienone is 8. The van der Waals surface area contributed by atoms with E-state index in [1.807, 2.05) is 69.3 Å². The molecule has 0 amide bonds. The minimum absolute atomic E-state index is 0. The van der Waals surface area contributed by atoms with E-state index in [1.54, 1.807) is 32.1 Å². The topological polar surface area (TPSA) is 191 Å². The summed E-state index contributed by atoms with van der Waals surface area (Å²) in [5, 5.41) is 52.8. The Morgan fingerprint density at radius 1 is 0.927 bits per heavy atom. The van der Waals surface area contributed by atoms with Crippen LogP contribution in [-0.4, -0.2) is 0 Å². The standard InChI is InChI=1S/5C5H7N.3CH4.H2N4P4/c2*1-3-5(2)4-6;3*1-2-3-4-5-6;;;;1-5-3-7-8-4-6-2/h3H,1-2H3;3,5H,1H2,2H3;3-4H,2H2,1H3;2-3H,4H2,1H3;2H,1,3-4H2;3*1H4;1-2H/b5-3+;;4-3+;3-2+;;;;;. The van der Waals surface area contributed by atoms with Crippen molar-refractivity contribution < 1.29 is 0 Å². The number of hydrogen-bond acceptors (Lipinski definition) is 7. The molecule has 226 valence electrons. The quantitative estimate of drug-likeness (QED) is 0.116. The molecule has 0 aliphatic rings. The number of unbranched alkanes of at least 4 members (excludes halogenated alkanes) is 1. The van der Waals surface area contributed by atoms with Crippen molar-refractivity contribution in [1.29, 1.82) is 36.6 Å². The van der Waals surface area contributed by atoms with Gasteiger partial charge < -0.3 is 0 Å². The molecule has 13 heteroatoms. The molecule has 0 fully saturated rings. The summed E-state index contributed by atoms with van der Waals surface area (Å²) in [6.45, 7) is 16.2. The third-order valence-corrected chi connectivity index (χ3v) is 5.82. The fraction of sp³-hybridized carbons (Fsp3) is 0.464. The zero-order valence-corrected chi connectivity index (χ0v) is 26.4. The molecule has 1 atom stereocenters. The SMILES string of the molecule is C.C.C.C/C=C(\C)C#N.C/C=C/CC#N.C=CC(C)C#N.C=CCCC#N.CC/C=C/C#N.N=PN=PP=NP=N. The van der Waals surface area contributed by atoms with Crippen molar-refractivity contribution in [1.82, 2.24) is 0 Å². The highest BCUT2D eigenvalue weighted by Crippen LogP contribution is 2.27. The van der Waals surface area contributed by atoms with Gasteiger partial charge in [-0.05, 0) is 40.5 Å². The molecule has 0 saturated heterocycles. The van der Waals surface area contributed by atoms with E-state index in [1.165, 1.54) is 6.08 Å². The van der Waals surface area contributed by atoms with Crippen LogP contribution in [-0.2, 0) is 0 Å². The van der Waals surface area contributed by atoms with E-state index < -0.39 is 0 Å². The molecule has 0 aliphatic heterocycles. The molecule has 1 unspecified atom stereocenters. The summed E-state index contributed by atoms with van der Waals surface area (Å²) in [5.74, 6) is 0.00463. The first kappa shape index (κ1) is 61.5. The Balaban J connectivity index is -0.0000000424. The van der Waals surface area contributed by atoms with Gasteiger partial charge in [0.25, 0.3) is 0 Å². The first-order valence-corrected chi connectivity index (χ1v) is 15.0. The number of nitriles is 5. The van der Waals surface area contributed by atoms with E-state index in [9.17, 15) is 0 Å². The first-order chi connectivity index (χ1) is 18.3. The van der Waals surface area contributed by atoms with Gasteiger partial charge in [0, 0.05) is 18.1 Å². The van der Waals surface area contributed by atoms with Crippen LogP contribution in [0.5, 0.6) is 0 Å². The smallest absolute Gasteiger partial charge is 0.150 e. The zero-order valence-electron chi connectivity index (χ0n) is 22.8. The van der Waals surface area contributed by atoms with Gasteiger partial charge in [-0.1, -0.05) is 65.7 Å². The molecule has 0 aromatic rings. The molecule has 2 N–H and O–H groups in total. The van der Waals surface area contributed by atoms with Crippen molar-refractivity contribution in [2.24, 2.45) is 14.9 Å². The van der Waals surface area contributed by atoms with Crippen LogP contribution in [0.3, 0.4) is 0 Å². The molecule has 0 aromatic carbocycles. The van der Waals surface area contributed by atoms with Gasteiger partial charge in [-0.25, -0.2) is 0 Å². The Morgan fingerprint density at radius 2 is 1.44 bits per heavy atom. The summed E-state index contributed by atoms with van der Waals surface area (Å²) in [6.07, 6.45) is 15.0. The lowest BCUT2D eigenvalue weighted by molar-refractivity contribution is 0.960. The average Bonchev–Trinajstić information content (AvgIpc) is 2.96. The lowest BCUT2D eigenvalue weighted by Crippen LogP contribution is -1.76. The third kappa shape index (κ3) is 127. The van der Waals surface area contributed by atoms with Crippen LogP contribution in [0.1, 0.15) is 82.6 Å². The normalized spacial score (nSPS) is 9.22. The highest BCUT2D eigenvalue weighted by atomic mass is 32.0. The second-order valence-electron chi connectivity index (χ2n) is 5.65. The second kappa shape index (κ2) is 76.6. The fourth-order valence-corrected chi connectivity index (χ4v) is 2.67. The molecule has 0 radical (unpaired) electrons. The lowest BCUT2D eigenvalue weighted by atomic mass is 10.2.